The molecule has 0 aliphatic heterocycles. The lowest BCUT2D eigenvalue weighted by Gasteiger charge is -2.01. The first-order valence-electron chi connectivity index (χ1n) is 3.10. The Labute approximate surface area is 70.2 Å². The highest BCUT2D eigenvalue weighted by atomic mass is 32.1. The third kappa shape index (κ3) is 2.95. The van der Waals surface area contributed by atoms with Crippen LogP contribution in [0, 0.1) is 0 Å². The van der Waals surface area contributed by atoms with Crippen LogP contribution in [0.5, 0.6) is 0 Å². The van der Waals surface area contributed by atoms with Crippen molar-refractivity contribution in [2.45, 2.75) is 6.61 Å². The molecule has 0 bridgehead atoms. The molecule has 1 heterocycles. The van der Waals surface area contributed by atoms with Crippen molar-refractivity contribution < 1.29 is 4.74 Å². The van der Waals surface area contributed by atoms with Crippen LogP contribution in [0.15, 0.2) is 24.5 Å². The van der Waals surface area contributed by atoms with Crippen molar-refractivity contribution in [3.8, 4) is 0 Å². The lowest BCUT2D eigenvalue weighted by Crippen LogP contribution is -2.12. The topological polar surface area (TPSA) is 48.1 Å². The molecule has 0 unspecified atom stereocenters. The molecule has 1 aromatic rings. The number of nitrogens with two attached hydrogens (primary N) is 1. The highest BCUT2D eigenvalue weighted by Gasteiger charge is 1.91. The molecule has 0 radical (unpaired) electrons. The van der Waals surface area contributed by atoms with E-state index >= 15 is 0 Å². The number of rotatable bonds is 2. The minimum Gasteiger partial charge on any atom is -0.466 e. The molecule has 1 aromatic heterocycles. The van der Waals surface area contributed by atoms with Crippen LogP contribution in [0.4, 0.5) is 0 Å². The molecule has 0 saturated carbocycles. The van der Waals surface area contributed by atoms with Gasteiger partial charge in [-0.25, -0.2) is 0 Å². The predicted molar refractivity (Wildman–Crippen MR) is 45.8 cm³/mol. The van der Waals surface area contributed by atoms with E-state index in [0.29, 0.717) is 6.61 Å². The normalized spacial score (nSPS) is 9.09. The molecule has 0 aromatic carbocycles. The zero-order valence-corrected chi connectivity index (χ0v) is 6.67. The van der Waals surface area contributed by atoms with Gasteiger partial charge in [0.25, 0.3) is 5.17 Å². The molecule has 0 aliphatic rings. The summed E-state index contributed by atoms with van der Waals surface area (Å²) >= 11 is 4.53. The molecule has 4 heteroatoms. The molecule has 2 N–H and O–H groups in total. The molecular formula is C7H8N2OS. The van der Waals surface area contributed by atoms with Crippen LogP contribution in [0.1, 0.15) is 5.56 Å². The van der Waals surface area contributed by atoms with Crippen molar-refractivity contribution >= 4 is 17.4 Å². The minimum absolute atomic E-state index is 0.0638. The van der Waals surface area contributed by atoms with E-state index in [1.165, 1.54) is 0 Å². The molecule has 0 fully saturated rings. The molecule has 1 rings (SSSR count). The zero-order chi connectivity index (χ0) is 8.10. The molecule has 11 heavy (non-hydrogen) atoms. The van der Waals surface area contributed by atoms with Crippen molar-refractivity contribution in [3.63, 3.8) is 0 Å². The maximum absolute atomic E-state index is 5.13. The predicted octanol–water partition coefficient (Wildman–Crippen LogP) is 0.842. The van der Waals surface area contributed by atoms with E-state index in [0.717, 1.165) is 5.56 Å². The van der Waals surface area contributed by atoms with Crippen molar-refractivity contribution in [2.75, 3.05) is 0 Å². The summed E-state index contributed by atoms with van der Waals surface area (Å²) in [7, 11) is 0. The highest BCUT2D eigenvalue weighted by molar-refractivity contribution is 7.80. The van der Waals surface area contributed by atoms with Gasteiger partial charge >= 0.3 is 0 Å². The van der Waals surface area contributed by atoms with Gasteiger partial charge in [-0.3, -0.25) is 4.98 Å². The number of hydrogen-bond donors (Lipinski definition) is 1. The van der Waals surface area contributed by atoms with Crippen LogP contribution in [-0.2, 0) is 11.3 Å². The van der Waals surface area contributed by atoms with E-state index in [2.05, 4.69) is 17.2 Å². The van der Waals surface area contributed by atoms with Gasteiger partial charge in [-0.05, 0) is 18.3 Å². The fraction of sp³-hybridized carbons (Fsp3) is 0.143. The number of ether oxygens (including phenoxy) is 1. The van der Waals surface area contributed by atoms with Crippen LogP contribution in [0.3, 0.4) is 0 Å². The highest BCUT2D eigenvalue weighted by Crippen LogP contribution is 1.97. The summed E-state index contributed by atoms with van der Waals surface area (Å²) < 4.78 is 4.90. The Morgan fingerprint density at radius 1 is 1.73 bits per heavy atom. The summed E-state index contributed by atoms with van der Waals surface area (Å²) in [5.74, 6) is 0. The van der Waals surface area contributed by atoms with Gasteiger partial charge in [0.2, 0.25) is 0 Å². The number of aromatic nitrogens is 1. The van der Waals surface area contributed by atoms with Gasteiger partial charge < -0.3 is 10.5 Å². The molecule has 0 aliphatic carbocycles. The van der Waals surface area contributed by atoms with Crippen LogP contribution >= 0.6 is 12.2 Å². The Kier molecular flexibility index (Phi) is 2.80. The third-order valence-electron chi connectivity index (χ3n) is 1.10. The van der Waals surface area contributed by atoms with E-state index in [1.807, 2.05) is 12.1 Å². The summed E-state index contributed by atoms with van der Waals surface area (Å²) in [4.78, 5) is 3.90. The standard InChI is InChI=1S/C7H8N2OS/c8-7(11)10-5-6-2-1-3-9-4-6/h1-4H,5H2,(H2,8,11). The molecular weight excluding hydrogens is 160 g/mol. The smallest absolute Gasteiger partial charge is 0.254 e. The van der Waals surface area contributed by atoms with Gasteiger partial charge in [0, 0.05) is 18.0 Å². The summed E-state index contributed by atoms with van der Waals surface area (Å²) in [5, 5.41) is 0.0638. The summed E-state index contributed by atoms with van der Waals surface area (Å²) in [6, 6.07) is 3.73. The van der Waals surface area contributed by atoms with Gasteiger partial charge in [-0.2, -0.15) is 0 Å². The van der Waals surface area contributed by atoms with Crippen LogP contribution in [-0.4, -0.2) is 10.2 Å². The largest absolute Gasteiger partial charge is 0.466 e. The Hall–Kier alpha value is -1.16. The second-order valence-corrected chi connectivity index (χ2v) is 2.37. The van der Waals surface area contributed by atoms with Gasteiger partial charge in [0.1, 0.15) is 6.61 Å². The molecule has 0 amide bonds. The second kappa shape index (κ2) is 3.88. The van der Waals surface area contributed by atoms with E-state index in [1.54, 1.807) is 12.4 Å². The Morgan fingerprint density at radius 2 is 2.55 bits per heavy atom. The maximum Gasteiger partial charge on any atom is 0.254 e. The first-order chi connectivity index (χ1) is 5.29. The number of hydrogen-bond acceptors (Lipinski definition) is 3. The fourth-order valence-electron chi connectivity index (χ4n) is 0.638. The molecule has 58 valence electrons. The van der Waals surface area contributed by atoms with Crippen LogP contribution in [0.25, 0.3) is 0 Å². The fourth-order valence-corrected chi connectivity index (χ4v) is 0.697. The number of nitrogens with zero attached hydrogens (tertiary/aromatic N) is 1. The third-order valence-corrected chi connectivity index (χ3v) is 1.22. The number of pyridine rings is 1. The SMILES string of the molecule is NC(=S)OCc1cccnc1. The van der Waals surface area contributed by atoms with Gasteiger partial charge in [0.15, 0.2) is 0 Å². The lowest BCUT2D eigenvalue weighted by molar-refractivity contribution is 0.296. The van der Waals surface area contributed by atoms with Gasteiger partial charge in [-0.15, -0.1) is 0 Å². The quantitative estimate of drug-likeness (QED) is 0.665. The average Bonchev–Trinajstić information content (AvgIpc) is 2.03. The Morgan fingerprint density at radius 3 is 3.09 bits per heavy atom. The second-order valence-electron chi connectivity index (χ2n) is 1.97. The van der Waals surface area contributed by atoms with Crippen LogP contribution < -0.4 is 5.73 Å². The lowest BCUT2D eigenvalue weighted by atomic mass is 10.3. The summed E-state index contributed by atoms with van der Waals surface area (Å²) in [5.41, 5.74) is 6.09. The van der Waals surface area contributed by atoms with E-state index < -0.39 is 0 Å². The monoisotopic (exact) mass is 168 g/mol. The van der Waals surface area contributed by atoms with Crippen molar-refractivity contribution in [1.82, 2.24) is 4.98 Å². The zero-order valence-electron chi connectivity index (χ0n) is 5.86. The average molecular weight is 168 g/mol. The summed E-state index contributed by atoms with van der Waals surface area (Å²) in [6.07, 6.45) is 3.41. The van der Waals surface area contributed by atoms with E-state index in [4.69, 9.17) is 10.5 Å². The van der Waals surface area contributed by atoms with E-state index in [-0.39, 0.29) is 5.17 Å². The summed E-state index contributed by atoms with van der Waals surface area (Å²) in [6.45, 7) is 0.392. The van der Waals surface area contributed by atoms with Gasteiger partial charge in [-0.1, -0.05) is 6.07 Å². The Bertz CT molecular complexity index is 237. The van der Waals surface area contributed by atoms with Gasteiger partial charge in [0.05, 0.1) is 0 Å². The maximum atomic E-state index is 5.13. The minimum atomic E-state index is 0.0638. The molecule has 3 nitrogen and oxygen atoms in total. The van der Waals surface area contributed by atoms with Crippen molar-refractivity contribution in [3.05, 3.63) is 30.1 Å². The first-order valence-corrected chi connectivity index (χ1v) is 3.51. The van der Waals surface area contributed by atoms with Crippen molar-refractivity contribution in [1.29, 1.82) is 0 Å². The van der Waals surface area contributed by atoms with Crippen molar-refractivity contribution in [2.24, 2.45) is 5.73 Å². The number of thiocarbonyl (C=S) groups is 1. The Balaban J connectivity index is 2.45. The molecule has 0 spiro atoms. The first kappa shape index (κ1) is 7.94. The van der Waals surface area contributed by atoms with Crippen LogP contribution in [0.2, 0.25) is 0 Å². The molecule has 0 saturated heterocycles. The van der Waals surface area contributed by atoms with E-state index in [9.17, 15) is 0 Å². The molecule has 0 atom stereocenters.